The van der Waals surface area contributed by atoms with Crippen molar-refractivity contribution < 1.29 is 13.2 Å². The van der Waals surface area contributed by atoms with Crippen molar-refractivity contribution in [3.8, 4) is 6.07 Å². The molecule has 0 bridgehead atoms. The van der Waals surface area contributed by atoms with Crippen molar-refractivity contribution in [1.29, 1.82) is 5.26 Å². The lowest BCUT2D eigenvalue weighted by atomic mass is 10.2. The van der Waals surface area contributed by atoms with Gasteiger partial charge in [0.1, 0.15) is 0 Å². The fourth-order valence-electron chi connectivity index (χ4n) is 2.05. The standard InChI is InChI=1S/C16H16N2O3S2/c1-13(19)14-5-7-16(8-6-14)23(20,21)18(10-3-9-17)12-15-4-2-11-22-15/h2,4-8,11H,3,10,12H2,1H3. The first-order valence-electron chi connectivity index (χ1n) is 6.95. The first-order chi connectivity index (χ1) is 10.9. The molecule has 0 radical (unpaired) electrons. The van der Waals surface area contributed by atoms with Crippen LogP contribution in [0.4, 0.5) is 0 Å². The summed E-state index contributed by atoms with van der Waals surface area (Å²) in [5.74, 6) is -0.117. The highest BCUT2D eigenvalue weighted by Gasteiger charge is 2.24. The Hall–Kier alpha value is -2.01. The van der Waals surface area contributed by atoms with Crippen molar-refractivity contribution >= 4 is 27.1 Å². The van der Waals surface area contributed by atoms with Crippen molar-refractivity contribution in [2.75, 3.05) is 6.54 Å². The number of Topliss-reactive ketones (excluding diaryl/α,β-unsaturated/α-hetero) is 1. The second kappa shape index (κ2) is 7.51. The first kappa shape index (κ1) is 17.3. The molecule has 7 heteroatoms. The van der Waals surface area contributed by atoms with Crippen molar-refractivity contribution in [3.63, 3.8) is 0 Å². The molecule has 0 amide bonds. The number of ketones is 1. The largest absolute Gasteiger partial charge is 0.295 e. The summed E-state index contributed by atoms with van der Waals surface area (Å²) in [7, 11) is -3.71. The molecule has 0 aliphatic rings. The molecule has 23 heavy (non-hydrogen) atoms. The SMILES string of the molecule is CC(=O)c1ccc(S(=O)(=O)N(CCC#N)Cc2cccs2)cc1. The Morgan fingerprint density at radius 3 is 2.48 bits per heavy atom. The minimum atomic E-state index is -3.71. The molecular weight excluding hydrogens is 332 g/mol. The molecule has 0 aliphatic carbocycles. The van der Waals surface area contributed by atoms with Gasteiger partial charge in [-0.25, -0.2) is 8.42 Å². The summed E-state index contributed by atoms with van der Waals surface area (Å²) in [6.45, 7) is 1.79. The third-order valence-corrected chi connectivity index (χ3v) is 6.00. The lowest BCUT2D eigenvalue weighted by Crippen LogP contribution is -2.31. The number of hydrogen-bond acceptors (Lipinski definition) is 5. The van der Waals surface area contributed by atoms with Gasteiger partial charge in [-0.1, -0.05) is 18.2 Å². The number of benzene rings is 1. The smallest absolute Gasteiger partial charge is 0.243 e. The number of carbonyl (C=O) groups excluding carboxylic acids is 1. The molecule has 2 rings (SSSR count). The second-order valence-electron chi connectivity index (χ2n) is 4.91. The molecule has 0 fully saturated rings. The van der Waals surface area contributed by atoms with Crippen LogP contribution in [0.3, 0.4) is 0 Å². The molecule has 0 spiro atoms. The van der Waals surface area contributed by atoms with Gasteiger partial charge in [0, 0.05) is 30.0 Å². The van der Waals surface area contributed by atoms with Crippen LogP contribution in [0.2, 0.25) is 0 Å². The predicted molar refractivity (Wildman–Crippen MR) is 88.6 cm³/mol. The van der Waals surface area contributed by atoms with Crippen LogP contribution in [-0.4, -0.2) is 25.1 Å². The second-order valence-corrected chi connectivity index (χ2v) is 7.88. The van der Waals surface area contributed by atoms with E-state index in [0.717, 1.165) is 4.88 Å². The molecule has 5 nitrogen and oxygen atoms in total. The maximum atomic E-state index is 12.8. The molecule has 1 aromatic heterocycles. The predicted octanol–water partition coefficient (Wildman–Crippen LogP) is 3.06. The van der Waals surface area contributed by atoms with Gasteiger partial charge < -0.3 is 0 Å². The average Bonchev–Trinajstić information content (AvgIpc) is 3.04. The van der Waals surface area contributed by atoms with Crippen LogP contribution in [0, 0.1) is 11.3 Å². The maximum absolute atomic E-state index is 12.8. The zero-order valence-electron chi connectivity index (χ0n) is 12.6. The quantitative estimate of drug-likeness (QED) is 0.721. The summed E-state index contributed by atoms with van der Waals surface area (Å²) in [6.07, 6.45) is 0.121. The van der Waals surface area contributed by atoms with Crippen molar-refractivity contribution in [2.45, 2.75) is 24.8 Å². The van der Waals surface area contributed by atoms with E-state index in [1.165, 1.54) is 46.8 Å². The third kappa shape index (κ3) is 4.26. The highest BCUT2D eigenvalue weighted by atomic mass is 32.2. The highest BCUT2D eigenvalue weighted by molar-refractivity contribution is 7.89. The van der Waals surface area contributed by atoms with Gasteiger partial charge in [-0.2, -0.15) is 9.57 Å². The minimum absolute atomic E-state index is 0.117. The molecule has 0 aliphatic heterocycles. The maximum Gasteiger partial charge on any atom is 0.243 e. The summed E-state index contributed by atoms with van der Waals surface area (Å²) in [5.41, 5.74) is 0.464. The lowest BCUT2D eigenvalue weighted by molar-refractivity contribution is 0.101. The van der Waals surface area contributed by atoms with Gasteiger partial charge in [0.25, 0.3) is 0 Å². The number of rotatable bonds is 7. The summed E-state index contributed by atoms with van der Waals surface area (Å²) in [4.78, 5) is 12.3. The topological polar surface area (TPSA) is 78.2 Å². The number of thiophene rings is 1. The minimum Gasteiger partial charge on any atom is -0.295 e. The Morgan fingerprint density at radius 1 is 1.26 bits per heavy atom. The van der Waals surface area contributed by atoms with Crippen LogP contribution >= 0.6 is 11.3 Å². The van der Waals surface area contributed by atoms with Crippen molar-refractivity contribution in [1.82, 2.24) is 4.31 Å². The van der Waals surface area contributed by atoms with Gasteiger partial charge in [0.15, 0.2) is 5.78 Å². The van der Waals surface area contributed by atoms with Crippen molar-refractivity contribution in [2.24, 2.45) is 0 Å². The Morgan fingerprint density at radius 2 is 1.96 bits per heavy atom. The normalized spacial score (nSPS) is 11.3. The summed E-state index contributed by atoms with van der Waals surface area (Å²) >= 11 is 1.47. The molecule has 0 atom stereocenters. The zero-order chi connectivity index (χ0) is 16.9. The number of nitriles is 1. The number of hydrogen-bond donors (Lipinski definition) is 0. The Kier molecular flexibility index (Phi) is 5.66. The molecular formula is C16H16N2O3S2. The van der Waals surface area contributed by atoms with Crippen molar-refractivity contribution in [3.05, 3.63) is 52.2 Å². The summed E-state index contributed by atoms with van der Waals surface area (Å²) in [6, 6.07) is 11.6. The van der Waals surface area contributed by atoms with Crippen LogP contribution in [0.1, 0.15) is 28.6 Å². The van der Waals surface area contributed by atoms with Crippen LogP contribution < -0.4 is 0 Å². The van der Waals surface area contributed by atoms with Gasteiger partial charge in [0.05, 0.1) is 11.0 Å². The molecule has 1 aromatic carbocycles. The van der Waals surface area contributed by atoms with E-state index in [9.17, 15) is 13.2 Å². The monoisotopic (exact) mass is 348 g/mol. The van der Waals surface area contributed by atoms with E-state index < -0.39 is 10.0 Å². The summed E-state index contributed by atoms with van der Waals surface area (Å²) < 4.78 is 26.9. The van der Waals surface area contributed by atoms with Gasteiger partial charge in [0.2, 0.25) is 10.0 Å². The van der Waals surface area contributed by atoms with Crippen LogP contribution in [0.25, 0.3) is 0 Å². The van der Waals surface area contributed by atoms with Crippen LogP contribution in [-0.2, 0) is 16.6 Å². The Balaban J connectivity index is 2.30. The number of sulfonamides is 1. The van der Waals surface area contributed by atoms with E-state index in [1.54, 1.807) is 0 Å². The lowest BCUT2D eigenvalue weighted by Gasteiger charge is -2.20. The van der Waals surface area contributed by atoms with E-state index in [2.05, 4.69) is 0 Å². The molecule has 0 saturated heterocycles. The van der Waals surface area contributed by atoms with Crippen LogP contribution in [0.5, 0.6) is 0 Å². The van der Waals surface area contributed by atoms with Gasteiger partial charge in [-0.15, -0.1) is 11.3 Å². The average molecular weight is 348 g/mol. The van der Waals surface area contributed by atoms with E-state index in [4.69, 9.17) is 5.26 Å². The van der Waals surface area contributed by atoms with E-state index in [0.29, 0.717) is 5.56 Å². The molecule has 0 N–H and O–H groups in total. The Bertz CT molecular complexity index is 804. The fourth-order valence-corrected chi connectivity index (χ4v) is 4.27. The molecule has 0 unspecified atom stereocenters. The molecule has 1 heterocycles. The van der Waals surface area contributed by atoms with Gasteiger partial charge in [-0.3, -0.25) is 4.79 Å². The van der Waals surface area contributed by atoms with Crippen LogP contribution in [0.15, 0.2) is 46.7 Å². The third-order valence-electron chi connectivity index (χ3n) is 3.28. The molecule has 2 aromatic rings. The molecule has 120 valence electrons. The van der Waals surface area contributed by atoms with E-state index in [-0.39, 0.29) is 30.2 Å². The highest BCUT2D eigenvalue weighted by Crippen LogP contribution is 2.21. The Labute approximate surface area is 139 Å². The van der Waals surface area contributed by atoms with Gasteiger partial charge >= 0.3 is 0 Å². The van der Waals surface area contributed by atoms with E-state index in [1.807, 2.05) is 23.6 Å². The van der Waals surface area contributed by atoms with E-state index >= 15 is 0 Å². The van der Waals surface area contributed by atoms with Gasteiger partial charge in [-0.05, 0) is 30.5 Å². The number of carbonyl (C=O) groups is 1. The fraction of sp³-hybridized carbons (Fsp3) is 0.250. The first-order valence-corrected chi connectivity index (χ1v) is 9.27. The molecule has 0 saturated carbocycles. The zero-order valence-corrected chi connectivity index (χ0v) is 14.2. The number of nitrogens with zero attached hydrogens (tertiary/aromatic N) is 2. The summed E-state index contributed by atoms with van der Waals surface area (Å²) in [5, 5.41) is 10.6.